The zero-order chi connectivity index (χ0) is 25.0. The van der Waals surface area contributed by atoms with E-state index in [1.165, 1.54) is 10.4 Å². The van der Waals surface area contributed by atoms with Gasteiger partial charge in [0.1, 0.15) is 16.5 Å². The van der Waals surface area contributed by atoms with Gasteiger partial charge in [0.15, 0.2) is 6.17 Å². The van der Waals surface area contributed by atoms with Crippen LogP contribution in [0.3, 0.4) is 0 Å². The summed E-state index contributed by atoms with van der Waals surface area (Å²) < 4.78 is 28.0. The van der Waals surface area contributed by atoms with Gasteiger partial charge >= 0.3 is 0 Å². The molecule has 0 N–H and O–H groups in total. The van der Waals surface area contributed by atoms with Gasteiger partial charge in [-0.3, -0.25) is 0 Å². The number of rotatable bonds is 4. The first-order valence-electron chi connectivity index (χ1n) is 12.4. The molecule has 0 unspecified atom stereocenters. The monoisotopic (exact) mass is 427 g/mol. The van der Waals surface area contributed by atoms with Crippen LogP contribution in [0.1, 0.15) is 40.5 Å². The molecular formula is C29H34NSi+. The molecule has 0 aliphatic heterocycles. The van der Waals surface area contributed by atoms with Crippen molar-refractivity contribution in [1.82, 2.24) is 0 Å². The van der Waals surface area contributed by atoms with Crippen molar-refractivity contribution in [2.45, 2.75) is 46.7 Å². The van der Waals surface area contributed by atoms with Gasteiger partial charge in [0.25, 0.3) is 0 Å². The highest BCUT2D eigenvalue weighted by atomic mass is 28.3. The van der Waals surface area contributed by atoms with Crippen LogP contribution in [-0.2, 0) is 7.05 Å². The highest BCUT2D eigenvalue weighted by Crippen LogP contribution is 2.32. The second-order valence-corrected chi connectivity index (χ2v) is 13.8. The fourth-order valence-electron chi connectivity index (χ4n) is 4.36. The highest BCUT2D eigenvalue weighted by molar-refractivity contribution is 7.00. The summed E-state index contributed by atoms with van der Waals surface area (Å²) in [5.41, 5.74) is 5.20. The minimum Gasteiger partial charge on any atom is -0.200 e. The molecule has 0 radical (unpaired) electrons. The minimum absolute atomic E-state index is 0.200. The number of pyridine rings is 1. The summed E-state index contributed by atoms with van der Waals surface area (Å²) in [5, 5.41) is 4.41. The maximum absolute atomic E-state index is 8.81. The summed E-state index contributed by atoms with van der Waals surface area (Å²) in [7, 11) is -0.0791. The van der Waals surface area contributed by atoms with Gasteiger partial charge < -0.3 is 0 Å². The van der Waals surface area contributed by atoms with E-state index < -0.39 is 14.0 Å². The Kier molecular flexibility index (Phi) is 4.67. The normalized spacial score (nSPS) is 13.7. The van der Waals surface area contributed by atoms with E-state index in [4.69, 9.17) is 4.11 Å². The van der Waals surface area contributed by atoms with Crippen molar-refractivity contribution in [2.75, 3.05) is 0 Å². The van der Waals surface area contributed by atoms with Crippen molar-refractivity contribution in [3.63, 3.8) is 0 Å². The molecule has 4 rings (SSSR count). The van der Waals surface area contributed by atoms with Crippen molar-refractivity contribution in [1.29, 1.82) is 0 Å². The van der Waals surface area contributed by atoms with E-state index in [-0.39, 0.29) is 12.2 Å². The molecule has 4 aromatic rings. The maximum Gasteiger partial charge on any atom is 0.220 e. The third-order valence-corrected chi connectivity index (χ3v) is 10.2. The molecular weight excluding hydrogens is 390 g/mol. The molecule has 1 heterocycles. The quantitative estimate of drug-likeness (QED) is 0.282. The van der Waals surface area contributed by atoms with Crippen LogP contribution in [0.4, 0.5) is 0 Å². The first-order valence-corrected chi connectivity index (χ1v) is 13.9. The second-order valence-electron chi connectivity index (χ2n) is 9.36. The van der Waals surface area contributed by atoms with Gasteiger partial charge in [-0.05, 0) is 54.0 Å². The van der Waals surface area contributed by atoms with E-state index in [1.54, 1.807) is 0 Å². The third kappa shape index (κ3) is 3.85. The predicted molar refractivity (Wildman–Crippen MR) is 137 cm³/mol. The highest BCUT2D eigenvalue weighted by Gasteiger charge is 2.27. The van der Waals surface area contributed by atoms with Gasteiger partial charge in [-0.25, -0.2) is 4.57 Å². The summed E-state index contributed by atoms with van der Waals surface area (Å²) in [6.07, 6.45) is 0.200. The van der Waals surface area contributed by atoms with Crippen LogP contribution in [0.2, 0.25) is 13.1 Å². The number of benzene rings is 3. The second kappa shape index (κ2) is 8.09. The summed E-state index contributed by atoms with van der Waals surface area (Å²) in [6.45, 7) is 12.7. The molecule has 3 aromatic carbocycles. The number of nitrogens with zero attached hydrogens (tertiary/aromatic N) is 1. The molecule has 0 aliphatic carbocycles. The van der Waals surface area contributed by atoms with Gasteiger partial charge in [-0.15, -0.1) is 0 Å². The van der Waals surface area contributed by atoms with Crippen LogP contribution in [0, 0.1) is 13.8 Å². The fraction of sp³-hybridized carbons (Fsp3) is 0.276. The molecule has 2 heteroatoms. The van der Waals surface area contributed by atoms with Gasteiger partial charge in [0, 0.05) is 7.41 Å². The topological polar surface area (TPSA) is 3.88 Å². The predicted octanol–water partition coefficient (Wildman–Crippen LogP) is 5.89. The Morgan fingerprint density at radius 3 is 2.32 bits per heavy atom. The lowest BCUT2D eigenvalue weighted by Crippen LogP contribution is -2.52. The molecule has 31 heavy (non-hydrogen) atoms. The number of aryl methyl sites for hydroxylation is 1. The SMILES string of the molecule is [2H]c1c([2H])[n+](C)c(-c2cc(C([2H])(C)C)cc(C)c2C)c2ccc([Si](C)(C)c3ccccc3)cc12. The molecule has 0 spiro atoms. The number of hydrogen-bond acceptors (Lipinski definition) is 0. The van der Waals surface area contributed by atoms with E-state index in [9.17, 15) is 0 Å². The largest absolute Gasteiger partial charge is 0.220 e. The summed E-state index contributed by atoms with van der Waals surface area (Å²) in [5.74, 6) is -0.723. The van der Waals surface area contributed by atoms with Crippen molar-refractivity contribution < 1.29 is 8.68 Å². The van der Waals surface area contributed by atoms with E-state index in [0.717, 1.165) is 38.7 Å². The first-order chi connectivity index (χ1) is 15.8. The Hall–Kier alpha value is -2.71. The zero-order valence-corrected chi connectivity index (χ0v) is 20.7. The number of aromatic nitrogens is 1. The number of hydrogen-bond donors (Lipinski definition) is 0. The maximum atomic E-state index is 8.81. The van der Waals surface area contributed by atoms with Gasteiger partial charge in [0.2, 0.25) is 5.69 Å². The lowest BCUT2D eigenvalue weighted by molar-refractivity contribution is -0.659. The average molecular weight is 428 g/mol. The molecule has 0 saturated heterocycles. The molecule has 0 saturated carbocycles. The molecule has 0 atom stereocenters. The number of fused-ring (bicyclic) bond motifs is 1. The Balaban J connectivity index is 2.04. The van der Waals surface area contributed by atoms with Gasteiger partial charge in [0.05, 0.1) is 12.3 Å². The van der Waals surface area contributed by atoms with Gasteiger partial charge in [-0.2, -0.15) is 0 Å². The lowest BCUT2D eigenvalue weighted by atomic mass is 9.91. The van der Waals surface area contributed by atoms with Gasteiger partial charge in [-0.1, -0.05) is 85.8 Å². The standard InChI is InChI=1S/C29H34NSi/c1-20(2)24-17-21(3)22(4)28(19-24)29-27-14-13-26(18-23(27)15-16-30(29)5)31(6,7)25-11-9-8-10-12-25/h8-20H,1-7H3/q+1/i15D,16D,20D. The van der Waals surface area contributed by atoms with Crippen molar-refractivity contribution >= 4 is 29.2 Å². The Bertz CT molecular complexity index is 1400. The van der Waals surface area contributed by atoms with Crippen molar-refractivity contribution in [3.05, 3.63) is 89.6 Å². The summed E-state index contributed by atoms with van der Waals surface area (Å²) in [4.78, 5) is 0. The third-order valence-electron chi connectivity index (χ3n) is 6.69. The molecule has 158 valence electrons. The Labute approximate surface area is 192 Å². The molecule has 0 bridgehead atoms. The van der Waals surface area contributed by atoms with E-state index >= 15 is 0 Å². The molecule has 1 nitrogen and oxygen atoms in total. The van der Waals surface area contributed by atoms with Crippen molar-refractivity contribution in [3.8, 4) is 11.3 Å². The molecule has 0 aliphatic rings. The molecule has 0 amide bonds. The van der Waals surface area contributed by atoms with Crippen LogP contribution in [0.5, 0.6) is 0 Å². The van der Waals surface area contributed by atoms with Crippen LogP contribution < -0.4 is 14.9 Å². The Morgan fingerprint density at radius 2 is 1.65 bits per heavy atom. The van der Waals surface area contributed by atoms with E-state index in [2.05, 4.69) is 81.5 Å². The van der Waals surface area contributed by atoms with E-state index in [1.807, 2.05) is 31.5 Å². The summed E-state index contributed by atoms with van der Waals surface area (Å²) >= 11 is 0. The summed E-state index contributed by atoms with van der Waals surface area (Å²) in [6, 6.07) is 21.6. The molecule has 0 fully saturated rings. The van der Waals surface area contributed by atoms with Crippen LogP contribution in [0.15, 0.2) is 72.9 Å². The Morgan fingerprint density at radius 1 is 0.935 bits per heavy atom. The fourth-order valence-corrected chi connectivity index (χ4v) is 6.73. The lowest BCUT2D eigenvalue weighted by Gasteiger charge is -2.24. The average Bonchev–Trinajstić information content (AvgIpc) is 2.79. The molecule has 1 aromatic heterocycles. The first kappa shape index (κ1) is 17.9. The van der Waals surface area contributed by atoms with Crippen molar-refractivity contribution in [2.24, 2.45) is 7.05 Å². The van der Waals surface area contributed by atoms with Crippen LogP contribution in [-0.4, -0.2) is 8.07 Å². The zero-order valence-electron chi connectivity index (χ0n) is 22.7. The van der Waals surface area contributed by atoms with Crippen LogP contribution in [0.25, 0.3) is 22.0 Å². The minimum atomic E-state index is -1.95. The smallest absolute Gasteiger partial charge is 0.200 e. The van der Waals surface area contributed by atoms with E-state index in [0.29, 0.717) is 0 Å². The van der Waals surface area contributed by atoms with Crippen LogP contribution >= 0.6 is 0 Å².